The van der Waals surface area contributed by atoms with Gasteiger partial charge in [-0.15, -0.1) is 0 Å². The molecule has 0 aromatic carbocycles. The number of hydrogen-bond donors (Lipinski definition) is 2. The first-order valence-electron chi connectivity index (χ1n) is 4.97. The predicted molar refractivity (Wildman–Crippen MR) is 46.1 cm³/mol. The Bertz CT molecular complexity index is 275. The summed E-state index contributed by atoms with van der Waals surface area (Å²) in [5.41, 5.74) is -1.15. The van der Waals surface area contributed by atoms with E-state index in [0.717, 1.165) is 6.42 Å². The maximum atomic E-state index is 10.2. The fourth-order valence-electron chi connectivity index (χ4n) is 3.89. The summed E-state index contributed by atoms with van der Waals surface area (Å²) >= 11 is 0. The van der Waals surface area contributed by atoms with Crippen LogP contribution in [0.1, 0.15) is 26.7 Å². The first-order chi connectivity index (χ1) is 5.93. The van der Waals surface area contributed by atoms with Gasteiger partial charge in [0, 0.05) is 11.8 Å². The standard InChI is InChI=1S/C10H16O3/c1-8(12)5-13-9(2)4-7(11)6-3-10(6,8)9/h6-7,11-12H,3-5H2,1-2H3/t6-,7-,8-,9-,10-/m0/s1. The molecule has 0 amide bonds. The molecule has 13 heavy (non-hydrogen) atoms. The lowest BCUT2D eigenvalue weighted by molar-refractivity contribution is -0.0210. The van der Waals surface area contributed by atoms with Crippen LogP contribution < -0.4 is 0 Å². The third-order valence-electron chi connectivity index (χ3n) is 4.65. The monoisotopic (exact) mass is 184 g/mol. The third-order valence-corrected chi connectivity index (χ3v) is 4.65. The molecule has 2 aliphatic carbocycles. The van der Waals surface area contributed by atoms with Gasteiger partial charge in [-0.05, 0) is 26.2 Å². The first kappa shape index (κ1) is 8.21. The van der Waals surface area contributed by atoms with Crippen LogP contribution in [0.25, 0.3) is 0 Å². The minimum atomic E-state index is -0.732. The maximum absolute atomic E-state index is 10.2. The molecule has 3 fully saturated rings. The zero-order valence-electron chi connectivity index (χ0n) is 8.08. The molecule has 1 saturated heterocycles. The van der Waals surface area contributed by atoms with Crippen molar-refractivity contribution in [2.45, 2.75) is 44.0 Å². The Kier molecular flexibility index (Phi) is 1.14. The van der Waals surface area contributed by atoms with Crippen LogP contribution in [0.15, 0.2) is 0 Å². The van der Waals surface area contributed by atoms with Crippen LogP contribution in [0.5, 0.6) is 0 Å². The average molecular weight is 184 g/mol. The second kappa shape index (κ2) is 1.81. The van der Waals surface area contributed by atoms with Crippen LogP contribution in [0.4, 0.5) is 0 Å². The summed E-state index contributed by atoms with van der Waals surface area (Å²) in [6.45, 7) is 4.30. The van der Waals surface area contributed by atoms with E-state index in [0.29, 0.717) is 13.0 Å². The number of ether oxygens (including phenoxy) is 1. The van der Waals surface area contributed by atoms with Gasteiger partial charge in [-0.3, -0.25) is 0 Å². The summed E-state index contributed by atoms with van der Waals surface area (Å²) < 4.78 is 5.68. The van der Waals surface area contributed by atoms with Crippen LogP contribution in [0, 0.1) is 11.3 Å². The van der Waals surface area contributed by atoms with Gasteiger partial charge in [0.15, 0.2) is 0 Å². The summed E-state index contributed by atoms with van der Waals surface area (Å²) in [5.74, 6) is 0.273. The van der Waals surface area contributed by atoms with Crippen molar-refractivity contribution in [2.75, 3.05) is 6.61 Å². The highest BCUT2D eigenvalue weighted by Gasteiger charge is 2.82. The summed E-state index contributed by atoms with van der Waals surface area (Å²) in [7, 11) is 0. The average Bonchev–Trinajstić information content (AvgIpc) is 2.68. The molecule has 0 bridgehead atoms. The van der Waals surface area contributed by atoms with Crippen molar-refractivity contribution >= 4 is 0 Å². The molecule has 0 radical (unpaired) electrons. The van der Waals surface area contributed by atoms with Crippen LogP contribution in [0.3, 0.4) is 0 Å². The van der Waals surface area contributed by atoms with Gasteiger partial charge in [0.2, 0.25) is 0 Å². The predicted octanol–water partition coefficient (Wildman–Crippen LogP) is 0.297. The molecule has 0 unspecified atom stereocenters. The molecular weight excluding hydrogens is 168 g/mol. The molecule has 2 saturated carbocycles. The highest BCUT2D eigenvalue weighted by Crippen LogP contribution is 2.76. The quantitative estimate of drug-likeness (QED) is 0.569. The molecule has 3 nitrogen and oxygen atoms in total. The van der Waals surface area contributed by atoms with Crippen molar-refractivity contribution in [1.29, 1.82) is 0 Å². The molecule has 5 atom stereocenters. The Morgan fingerprint density at radius 1 is 1.31 bits per heavy atom. The fourth-order valence-corrected chi connectivity index (χ4v) is 3.89. The van der Waals surface area contributed by atoms with Gasteiger partial charge in [0.05, 0.1) is 23.9 Å². The van der Waals surface area contributed by atoms with Crippen LogP contribution in [0.2, 0.25) is 0 Å². The van der Waals surface area contributed by atoms with Crippen molar-refractivity contribution < 1.29 is 14.9 Å². The molecule has 1 aliphatic heterocycles. The van der Waals surface area contributed by atoms with Crippen LogP contribution in [-0.2, 0) is 4.74 Å². The van der Waals surface area contributed by atoms with E-state index < -0.39 is 5.60 Å². The van der Waals surface area contributed by atoms with E-state index in [1.807, 2.05) is 13.8 Å². The smallest absolute Gasteiger partial charge is 0.0939 e. The lowest BCUT2D eigenvalue weighted by Gasteiger charge is -2.31. The topological polar surface area (TPSA) is 49.7 Å². The number of aliphatic hydroxyl groups is 2. The van der Waals surface area contributed by atoms with E-state index in [2.05, 4.69) is 0 Å². The van der Waals surface area contributed by atoms with Crippen LogP contribution >= 0.6 is 0 Å². The van der Waals surface area contributed by atoms with E-state index in [1.165, 1.54) is 0 Å². The van der Waals surface area contributed by atoms with Crippen molar-refractivity contribution in [1.82, 2.24) is 0 Å². The van der Waals surface area contributed by atoms with Gasteiger partial charge in [0.25, 0.3) is 0 Å². The van der Waals surface area contributed by atoms with Gasteiger partial charge in [0.1, 0.15) is 0 Å². The Morgan fingerprint density at radius 2 is 2.00 bits per heavy atom. The number of hydrogen-bond acceptors (Lipinski definition) is 3. The molecule has 74 valence electrons. The summed E-state index contributed by atoms with van der Waals surface area (Å²) in [4.78, 5) is 0. The van der Waals surface area contributed by atoms with Gasteiger partial charge in [-0.25, -0.2) is 0 Å². The van der Waals surface area contributed by atoms with Gasteiger partial charge in [-0.1, -0.05) is 0 Å². The second-order valence-electron chi connectivity index (χ2n) is 5.35. The zero-order chi connectivity index (χ0) is 9.48. The molecule has 0 aromatic heterocycles. The second-order valence-corrected chi connectivity index (χ2v) is 5.35. The van der Waals surface area contributed by atoms with E-state index in [1.54, 1.807) is 0 Å². The summed E-state index contributed by atoms with van der Waals surface area (Å²) in [6, 6.07) is 0. The number of aliphatic hydroxyl groups excluding tert-OH is 1. The van der Waals surface area contributed by atoms with E-state index >= 15 is 0 Å². The normalized spacial score (nSPS) is 69.2. The van der Waals surface area contributed by atoms with Crippen molar-refractivity contribution in [3.63, 3.8) is 0 Å². The molecular formula is C10H16O3. The van der Waals surface area contributed by atoms with Crippen LogP contribution in [-0.4, -0.2) is 34.1 Å². The highest BCUT2D eigenvalue weighted by molar-refractivity contribution is 5.30. The minimum absolute atomic E-state index is 0.139. The number of rotatable bonds is 0. The Balaban J connectivity index is 2.09. The summed E-state index contributed by atoms with van der Waals surface area (Å²) in [6.07, 6.45) is 1.35. The molecule has 1 spiro atoms. The molecule has 3 rings (SSSR count). The van der Waals surface area contributed by atoms with Gasteiger partial charge in [-0.2, -0.15) is 0 Å². The van der Waals surface area contributed by atoms with Crippen molar-refractivity contribution in [3.8, 4) is 0 Å². The molecule has 0 aromatic rings. The van der Waals surface area contributed by atoms with Gasteiger partial charge < -0.3 is 14.9 Å². The highest BCUT2D eigenvalue weighted by atomic mass is 16.5. The maximum Gasteiger partial charge on any atom is 0.0939 e. The minimum Gasteiger partial charge on any atom is -0.393 e. The molecule has 3 heteroatoms. The Hall–Kier alpha value is -0.120. The largest absolute Gasteiger partial charge is 0.393 e. The Labute approximate surface area is 77.7 Å². The molecule has 2 N–H and O–H groups in total. The third kappa shape index (κ3) is 0.631. The summed E-state index contributed by atoms with van der Waals surface area (Å²) in [5, 5.41) is 20.0. The molecule has 1 heterocycles. The lowest BCUT2D eigenvalue weighted by atomic mass is 9.77. The van der Waals surface area contributed by atoms with E-state index in [9.17, 15) is 10.2 Å². The van der Waals surface area contributed by atoms with Gasteiger partial charge >= 0.3 is 0 Å². The fraction of sp³-hybridized carbons (Fsp3) is 1.00. The van der Waals surface area contributed by atoms with Crippen molar-refractivity contribution in [2.24, 2.45) is 11.3 Å². The Morgan fingerprint density at radius 3 is 2.54 bits per heavy atom. The first-order valence-corrected chi connectivity index (χ1v) is 4.97. The SMILES string of the molecule is C[C@]1(O)CO[C@@]2(C)C[C@H](O)[C@@H]3C[C@]312. The van der Waals surface area contributed by atoms with E-state index in [4.69, 9.17) is 4.74 Å². The molecule has 3 aliphatic rings. The zero-order valence-corrected chi connectivity index (χ0v) is 8.08. The lowest BCUT2D eigenvalue weighted by Crippen LogP contribution is -2.42. The van der Waals surface area contributed by atoms with Crippen molar-refractivity contribution in [3.05, 3.63) is 0 Å². The van der Waals surface area contributed by atoms with E-state index in [-0.39, 0.29) is 23.0 Å².